The molecule has 1 aliphatic carbocycles. The van der Waals surface area contributed by atoms with E-state index in [0.717, 1.165) is 12.1 Å². The van der Waals surface area contributed by atoms with Crippen molar-refractivity contribution in [1.82, 2.24) is 4.90 Å². The molecule has 6 heteroatoms. The second kappa shape index (κ2) is 6.85. The second-order valence-corrected chi connectivity index (χ2v) is 7.00. The van der Waals surface area contributed by atoms with E-state index in [1.807, 2.05) is 18.2 Å². The molecule has 0 saturated carbocycles. The zero-order valence-electron chi connectivity index (χ0n) is 14.4. The van der Waals surface area contributed by atoms with Gasteiger partial charge in [0.25, 0.3) is 0 Å². The molecule has 1 aromatic carbocycles. The highest BCUT2D eigenvalue weighted by molar-refractivity contribution is 6.30. The average Bonchev–Trinajstić information content (AvgIpc) is 2.68. The van der Waals surface area contributed by atoms with Gasteiger partial charge in [-0.3, -0.25) is 4.90 Å². The first-order chi connectivity index (χ1) is 12.5. The molecule has 0 bridgehead atoms. The Labute approximate surface area is 158 Å². The van der Waals surface area contributed by atoms with Gasteiger partial charge in [0.1, 0.15) is 0 Å². The van der Waals surface area contributed by atoms with Crippen molar-refractivity contribution in [3.63, 3.8) is 0 Å². The summed E-state index contributed by atoms with van der Waals surface area (Å²) in [5, 5.41) is 30.1. The summed E-state index contributed by atoms with van der Waals surface area (Å²) in [6, 6.07) is 13.7. The smallest absolute Gasteiger partial charge is 0.204 e. The Bertz CT molecular complexity index is 893. The van der Waals surface area contributed by atoms with Crippen LogP contribution in [0.25, 0.3) is 0 Å². The Hall–Kier alpha value is -2.78. The van der Waals surface area contributed by atoms with E-state index in [2.05, 4.69) is 30.0 Å². The minimum absolute atomic E-state index is 0.0531. The topological polar surface area (TPSA) is 101 Å². The maximum atomic E-state index is 9.82. The number of hydrogen-bond donors (Lipinski definition) is 1. The number of halogens is 1. The van der Waals surface area contributed by atoms with Gasteiger partial charge < -0.3 is 5.73 Å². The Morgan fingerprint density at radius 2 is 1.88 bits per heavy atom. The first-order valence-corrected chi connectivity index (χ1v) is 8.81. The predicted octanol–water partition coefficient (Wildman–Crippen LogP) is 3.09. The van der Waals surface area contributed by atoms with Crippen molar-refractivity contribution in [1.29, 1.82) is 15.8 Å². The highest BCUT2D eigenvalue weighted by atomic mass is 35.5. The van der Waals surface area contributed by atoms with E-state index >= 15 is 0 Å². The maximum absolute atomic E-state index is 9.82. The number of allylic oxidation sites excluding steroid dienone is 2. The van der Waals surface area contributed by atoms with Crippen LogP contribution in [0.4, 0.5) is 0 Å². The quantitative estimate of drug-likeness (QED) is 0.813. The SMILES string of the molecule is CCN1CC=C2[C@H](C1)[C@H](c1ccc(Cl)cc1)C(C#N)=C(N)C2(C#N)C#N. The summed E-state index contributed by atoms with van der Waals surface area (Å²) in [5.41, 5.74) is 6.66. The highest BCUT2D eigenvalue weighted by Gasteiger charge is 2.52. The van der Waals surface area contributed by atoms with Gasteiger partial charge in [-0.2, -0.15) is 15.8 Å². The van der Waals surface area contributed by atoms with Gasteiger partial charge >= 0.3 is 0 Å². The summed E-state index contributed by atoms with van der Waals surface area (Å²) in [6.45, 7) is 4.24. The molecule has 0 spiro atoms. The molecule has 1 aromatic rings. The lowest BCUT2D eigenvalue weighted by Crippen LogP contribution is -2.47. The van der Waals surface area contributed by atoms with Gasteiger partial charge in [0, 0.05) is 29.9 Å². The van der Waals surface area contributed by atoms with Crippen LogP contribution >= 0.6 is 11.6 Å². The van der Waals surface area contributed by atoms with Crippen LogP contribution in [0.5, 0.6) is 0 Å². The van der Waals surface area contributed by atoms with Crippen LogP contribution in [0, 0.1) is 45.3 Å². The summed E-state index contributed by atoms with van der Waals surface area (Å²) in [5.74, 6) is -0.459. The molecular formula is C20H18ClN5. The number of hydrogen-bond acceptors (Lipinski definition) is 5. The molecule has 26 heavy (non-hydrogen) atoms. The number of benzene rings is 1. The van der Waals surface area contributed by atoms with Gasteiger partial charge in [0.05, 0.1) is 29.5 Å². The summed E-state index contributed by atoms with van der Waals surface area (Å²) < 4.78 is 0. The summed E-state index contributed by atoms with van der Waals surface area (Å²) >= 11 is 6.02. The lowest BCUT2D eigenvalue weighted by molar-refractivity contribution is 0.234. The highest BCUT2D eigenvalue weighted by Crippen LogP contribution is 2.52. The van der Waals surface area contributed by atoms with E-state index in [4.69, 9.17) is 17.3 Å². The minimum Gasteiger partial charge on any atom is -0.399 e. The van der Waals surface area contributed by atoms with Crippen LogP contribution in [0.2, 0.25) is 5.02 Å². The first-order valence-electron chi connectivity index (χ1n) is 8.43. The number of rotatable bonds is 2. The number of fused-ring (bicyclic) bond motifs is 1. The Morgan fingerprint density at radius 1 is 1.23 bits per heavy atom. The van der Waals surface area contributed by atoms with Gasteiger partial charge in [-0.15, -0.1) is 0 Å². The molecule has 1 aliphatic heterocycles. The van der Waals surface area contributed by atoms with Crippen LogP contribution in [0.1, 0.15) is 18.4 Å². The molecule has 0 fully saturated rings. The normalized spacial score (nSPS) is 24.7. The van der Waals surface area contributed by atoms with Crippen molar-refractivity contribution in [2.45, 2.75) is 12.8 Å². The van der Waals surface area contributed by atoms with E-state index < -0.39 is 5.41 Å². The van der Waals surface area contributed by atoms with Crippen LogP contribution in [0.15, 0.2) is 47.2 Å². The van der Waals surface area contributed by atoms with Gasteiger partial charge in [0.15, 0.2) is 0 Å². The third-order valence-electron chi connectivity index (χ3n) is 5.40. The zero-order valence-corrected chi connectivity index (χ0v) is 15.2. The molecule has 2 atom stereocenters. The van der Waals surface area contributed by atoms with E-state index in [0.29, 0.717) is 29.3 Å². The van der Waals surface area contributed by atoms with Crippen molar-refractivity contribution in [3.8, 4) is 18.2 Å². The molecule has 1 heterocycles. The van der Waals surface area contributed by atoms with Crippen molar-refractivity contribution >= 4 is 11.6 Å². The molecule has 2 aliphatic rings. The van der Waals surface area contributed by atoms with Gasteiger partial charge in [0.2, 0.25) is 5.41 Å². The fourth-order valence-electron chi connectivity index (χ4n) is 4.00. The fourth-order valence-corrected chi connectivity index (χ4v) is 4.13. The monoisotopic (exact) mass is 363 g/mol. The molecular weight excluding hydrogens is 346 g/mol. The molecule has 0 saturated heterocycles. The molecule has 0 radical (unpaired) electrons. The summed E-state index contributed by atoms with van der Waals surface area (Å²) in [7, 11) is 0. The first kappa shape index (κ1) is 18.0. The molecule has 3 rings (SSSR count). The second-order valence-electron chi connectivity index (χ2n) is 6.56. The lowest BCUT2D eigenvalue weighted by Gasteiger charge is -2.45. The molecule has 0 aromatic heterocycles. The van der Waals surface area contributed by atoms with Crippen LogP contribution < -0.4 is 5.73 Å². The fraction of sp³-hybridized carbons (Fsp3) is 0.350. The molecule has 130 valence electrons. The maximum Gasteiger partial charge on any atom is 0.204 e. The molecule has 0 amide bonds. The van der Waals surface area contributed by atoms with Crippen LogP contribution in [-0.2, 0) is 0 Å². The van der Waals surface area contributed by atoms with Crippen molar-refractivity contribution in [2.75, 3.05) is 19.6 Å². The van der Waals surface area contributed by atoms with Crippen molar-refractivity contribution < 1.29 is 0 Å². The number of likely N-dealkylation sites (N-methyl/N-ethyl adjacent to an activating group) is 1. The number of nitrogens with two attached hydrogens (primary N) is 1. The van der Waals surface area contributed by atoms with Crippen LogP contribution in [0.3, 0.4) is 0 Å². The Kier molecular flexibility index (Phi) is 4.75. The van der Waals surface area contributed by atoms with Gasteiger partial charge in [-0.25, -0.2) is 0 Å². The van der Waals surface area contributed by atoms with E-state index in [1.165, 1.54) is 0 Å². The number of nitrogens with zero attached hydrogens (tertiary/aromatic N) is 4. The zero-order chi connectivity index (χ0) is 18.9. The summed E-state index contributed by atoms with van der Waals surface area (Å²) in [4.78, 5) is 2.23. The molecule has 0 unspecified atom stereocenters. The lowest BCUT2D eigenvalue weighted by atomic mass is 9.60. The van der Waals surface area contributed by atoms with Gasteiger partial charge in [-0.1, -0.05) is 36.7 Å². The van der Waals surface area contributed by atoms with Crippen molar-refractivity contribution in [3.05, 3.63) is 57.8 Å². The standard InChI is InChI=1S/C20H18ClN5/c1-2-26-8-7-17-16(10-26)18(13-3-5-14(21)6-4-13)15(9-22)19(25)20(17,11-23)12-24/h3-7,16,18H,2,8,10,25H2,1H3/t16-,18+/m0/s1. The predicted molar refractivity (Wildman–Crippen MR) is 98.4 cm³/mol. The number of nitriles is 3. The Morgan fingerprint density at radius 3 is 2.42 bits per heavy atom. The van der Waals surface area contributed by atoms with Crippen LogP contribution in [-0.4, -0.2) is 24.5 Å². The third-order valence-corrected chi connectivity index (χ3v) is 5.65. The van der Waals surface area contributed by atoms with E-state index in [1.54, 1.807) is 12.1 Å². The third kappa shape index (κ3) is 2.56. The van der Waals surface area contributed by atoms with E-state index in [9.17, 15) is 15.8 Å². The molecule has 2 N–H and O–H groups in total. The average molecular weight is 364 g/mol. The van der Waals surface area contributed by atoms with Crippen molar-refractivity contribution in [2.24, 2.45) is 17.1 Å². The Balaban J connectivity index is 2.28. The minimum atomic E-state index is -1.57. The largest absolute Gasteiger partial charge is 0.399 e. The summed E-state index contributed by atoms with van der Waals surface area (Å²) in [6.07, 6.45) is 1.94. The van der Waals surface area contributed by atoms with Gasteiger partial charge in [-0.05, 0) is 29.8 Å². The molecule has 5 nitrogen and oxygen atoms in total. The van der Waals surface area contributed by atoms with E-state index in [-0.39, 0.29) is 17.5 Å².